The Balaban J connectivity index is 0.000000219. The van der Waals surface area contributed by atoms with Crippen LogP contribution in [0.15, 0.2) is 89.6 Å². The number of hydrogen-bond donors (Lipinski definition) is 0. The maximum atomic E-state index is 3.27. The number of thiophene rings is 1. The van der Waals surface area contributed by atoms with Crippen molar-refractivity contribution in [2.24, 2.45) is 11.8 Å². The van der Waals surface area contributed by atoms with E-state index in [-0.39, 0.29) is 24.8 Å². The maximum absolute atomic E-state index is 3.27. The van der Waals surface area contributed by atoms with E-state index in [1.165, 1.54) is 79.5 Å². The molecule has 0 N–H and O–H groups in total. The van der Waals surface area contributed by atoms with Gasteiger partial charge in [-0.3, -0.25) is 0 Å². The van der Waals surface area contributed by atoms with Gasteiger partial charge in [0.25, 0.3) is 0 Å². The van der Waals surface area contributed by atoms with Crippen molar-refractivity contribution in [2.75, 3.05) is 0 Å². The zero-order chi connectivity index (χ0) is 34.1. The van der Waals surface area contributed by atoms with E-state index in [1.807, 2.05) is 6.07 Å². The Morgan fingerprint density at radius 3 is 2.16 bits per heavy atom. The molecule has 4 unspecified atom stereocenters. The first kappa shape index (κ1) is 40.3. The fourth-order valence-corrected chi connectivity index (χ4v) is 9.42. The topological polar surface area (TPSA) is 0 Å². The van der Waals surface area contributed by atoms with Gasteiger partial charge in [-0.05, 0) is 65.3 Å². The van der Waals surface area contributed by atoms with Crippen LogP contribution in [0.25, 0.3) is 27.5 Å². The average Bonchev–Trinajstić information content (AvgIpc) is 3.88. The summed E-state index contributed by atoms with van der Waals surface area (Å²) in [7, 11) is 0. The third-order valence-electron chi connectivity index (χ3n) is 11.5. The fraction of sp³-hybridized carbons (Fsp3) is 0.304. The summed E-state index contributed by atoms with van der Waals surface area (Å²) in [4.78, 5) is 0. The summed E-state index contributed by atoms with van der Waals surface area (Å²) in [6, 6.07) is 24.3. The van der Waals surface area contributed by atoms with Crippen molar-refractivity contribution in [2.45, 2.75) is 80.1 Å². The van der Waals surface area contributed by atoms with Crippen LogP contribution in [0, 0.1) is 44.6 Å². The van der Waals surface area contributed by atoms with Crippen molar-refractivity contribution in [3.05, 3.63) is 152 Å². The molecule has 4 heteroatoms. The summed E-state index contributed by atoms with van der Waals surface area (Å²) in [5.41, 5.74) is 17.7. The normalized spacial score (nSPS) is 19.4. The van der Waals surface area contributed by atoms with Crippen molar-refractivity contribution in [3.63, 3.8) is 0 Å². The van der Waals surface area contributed by atoms with Crippen molar-refractivity contribution < 1.29 is 49.0 Å². The van der Waals surface area contributed by atoms with E-state index in [1.54, 1.807) is 39.5 Å². The van der Waals surface area contributed by atoms with Crippen LogP contribution < -0.4 is 24.8 Å². The van der Waals surface area contributed by atoms with E-state index in [0.717, 1.165) is 12.8 Å². The second-order valence-electron chi connectivity index (χ2n) is 14.0. The molecule has 1 heterocycles. The van der Waals surface area contributed by atoms with Gasteiger partial charge in [0.1, 0.15) is 0 Å². The van der Waals surface area contributed by atoms with Gasteiger partial charge in [-0.15, -0.1) is 22.8 Å². The van der Waals surface area contributed by atoms with Gasteiger partial charge in [0.05, 0.1) is 0 Å². The summed E-state index contributed by atoms with van der Waals surface area (Å²) in [5.74, 6) is 3.94. The van der Waals surface area contributed by atoms with E-state index in [9.17, 15) is 0 Å². The third-order valence-corrected chi connectivity index (χ3v) is 12.6. The quantitative estimate of drug-likeness (QED) is 0.179. The van der Waals surface area contributed by atoms with Crippen LogP contribution in [0.3, 0.4) is 0 Å². The molecule has 0 amide bonds. The Kier molecular flexibility index (Phi) is 14.0. The van der Waals surface area contributed by atoms with Crippen LogP contribution in [0.4, 0.5) is 0 Å². The van der Waals surface area contributed by atoms with Crippen molar-refractivity contribution in [1.82, 2.24) is 0 Å². The molecule has 5 aromatic rings. The van der Waals surface area contributed by atoms with E-state index in [2.05, 4.69) is 149 Å². The first-order chi connectivity index (χ1) is 23.1. The molecule has 1 aromatic heterocycles. The minimum atomic E-state index is 0. The molecular formula is C46H48Cl2SZr-2. The van der Waals surface area contributed by atoms with Gasteiger partial charge in [0.15, 0.2) is 0 Å². The molecule has 0 bridgehead atoms. The van der Waals surface area contributed by atoms with Crippen LogP contribution in [0.5, 0.6) is 0 Å². The second kappa shape index (κ2) is 17.4. The van der Waals surface area contributed by atoms with Crippen molar-refractivity contribution in [3.8, 4) is 11.1 Å². The van der Waals surface area contributed by atoms with Gasteiger partial charge < -0.3 is 24.8 Å². The summed E-state index contributed by atoms with van der Waals surface area (Å²) >= 11 is 3.24. The second-order valence-corrected chi connectivity index (χ2v) is 15.8. The number of hydrogen-bond acceptors (Lipinski definition) is 1. The molecule has 4 aromatic carbocycles. The zero-order valence-electron chi connectivity index (χ0n) is 30.6. The molecule has 0 nitrogen and oxygen atoms in total. The fourth-order valence-electron chi connectivity index (χ4n) is 8.19. The van der Waals surface area contributed by atoms with Gasteiger partial charge in [-0.25, -0.2) is 0 Å². The molecule has 0 radical (unpaired) electrons. The van der Waals surface area contributed by atoms with E-state index in [0.29, 0.717) is 23.7 Å². The molecular weight excluding hydrogens is 747 g/mol. The molecule has 0 fully saturated rings. The standard InChI is InChI=1S/C29H33.C9H7S.C8H8.2ClH.Zr/c1-14-13-24-25(18(5)15(14)2)21(8)28-27-20(7)17(4)16(3)19(6)26(27)22-11-9-10-12-23(22)29(24)28;1-2-4-8(3-1)9-5-6-10-7-9;1-2-8-6-4-3-5-7-8;;;/h9-13,16-17,19,21H,1-8H3;1,3,5-7H,2H2;1,3-7H,2H2;2*1H;/q2*-1;;;;+2/p-2. The monoisotopic (exact) mass is 792 g/mol. The number of allylic oxidation sites excluding steroid dienone is 4. The van der Waals surface area contributed by atoms with Crippen LogP contribution in [-0.2, 0) is 30.7 Å². The molecule has 0 saturated carbocycles. The summed E-state index contributed by atoms with van der Waals surface area (Å²) in [6.07, 6.45) is 9.63. The van der Waals surface area contributed by atoms with Crippen molar-refractivity contribution in [1.29, 1.82) is 0 Å². The molecule has 4 atom stereocenters. The Bertz CT molecular complexity index is 2000. The molecule has 258 valence electrons. The predicted molar refractivity (Wildman–Crippen MR) is 207 cm³/mol. The van der Waals surface area contributed by atoms with Crippen LogP contribution in [0.2, 0.25) is 0 Å². The van der Waals surface area contributed by atoms with Crippen molar-refractivity contribution >= 4 is 31.4 Å². The van der Waals surface area contributed by atoms with Crippen LogP contribution in [-0.4, -0.2) is 3.71 Å². The summed E-state index contributed by atoms with van der Waals surface area (Å²) in [6.45, 7) is 19.1. The van der Waals surface area contributed by atoms with Crippen LogP contribution >= 0.6 is 11.3 Å². The van der Waals surface area contributed by atoms with E-state index < -0.39 is 0 Å². The van der Waals surface area contributed by atoms with Gasteiger partial charge >= 0.3 is 70.3 Å². The molecule has 0 aliphatic heterocycles. The number of benzene rings is 4. The molecule has 8 rings (SSSR count). The Morgan fingerprint density at radius 2 is 1.54 bits per heavy atom. The molecule has 50 heavy (non-hydrogen) atoms. The molecule has 0 spiro atoms. The van der Waals surface area contributed by atoms with Gasteiger partial charge in [-0.2, -0.15) is 40.5 Å². The predicted octanol–water partition coefficient (Wildman–Crippen LogP) is 6.71. The SMILES string of the molecule is Cc1cc2c(c(C)c1C)C(C)c1c3c(c4ccccc4c1-2)C(C)C(C)C(C)[C-]3C.[C-]1=C(c2ccsc2)C=CC1.[Cl-].[Cl-].[Zr+2]=[CH]Cc1ccccc1. The molecule has 0 saturated heterocycles. The number of halogens is 2. The first-order valence-electron chi connectivity index (χ1n) is 17.5. The summed E-state index contributed by atoms with van der Waals surface area (Å²) in [5, 5.41) is 7.17. The van der Waals surface area contributed by atoms with Crippen LogP contribution in [0.1, 0.15) is 103 Å². The Hall–Kier alpha value is -2.48. The zero-order valence-corrected chi connectivity index (χ0v) is 35.4. The Morgan fingerprint density at radius 1 is 0.860 bits per heavy atom. The summed E-state index contributed by atoms with van der Waals surface area (Å²) < 4.78 is 2.25. The number of aryl methyl sites for hydroxylation is 1. The van der Waals surface area contributed by atoms with Gasteiger partial charge in [0.2, 0.25) is 0 Å². The first-order valence-corrected chi connectivity index (χ1v) is 19.9. The Labute approximate surface area is 332 Å². The molecule has 3 aliphatic carbocycles. The van der Waals surface area contributed by atoms with E-state index in [4.69, 9.17) is 0 Å². The van der Waals surface area contributed by atoms with Gasteiger partial charge in [-0.1, -0.05) is 112 Å². The number of fused-ring (bicyclic) bond motifs is 8. The minimum absolute atomic E-state index is 0. The van der Waals surface area contributed by atoms with E-state index >= 15 is 0 Å². The van der Waals surface area contributed by atoms with Gasteiger partial charge in [0, 0.05) is 0 Å². The number of rotatable bonds is 3. The third kappa shape index (κ3) is 7.52. The molecule has 3 aliphatic rings. The average molecular weight is 795 g/mol.